The van der Waals surface area contributed by atoms with Gasteiger partial charge in [0.15, 0.2) is 6.10 Å². The van der Waals surface area contributed by atoms with Crippen LogP contribution in [0.15, 0.2) is 48.5 Å². The van der Waals surface area contributed by atoms with Gasteiger partial charge in [-0.2, -0.15) is 0 Å². The van der Waals surface area contributed by atoms with Gasteiger partial charge in [0.1, 0.15) is 5.75 Å². The molecule has 4 heteroatoms. The Bertz CT molecular complexity index is 581. The molecular weight excluding hydrogens is 242 g/mol. The lowest BCUT2D eigenvalue weighted by atomic mass is 10.1. The SMILES string of the molecule is Cc1ccc(NC(=O)C(O)c2ccccc2)c(O)c1. The minimum Gasteiger partial charge on any atom is -0.506 e. The van der Waals surface area contributed by atoms with E-state index in [0.717, 1.165) is 5.56 Å². The molecule has 0 radical (unpaired) electrons. The Morgan fingerprint density at radius 1 is 1.16 bits per heavy atom. The number of carbonyl (C=O) groups excluding carboxylic acids is 1. The second-order valence-corrected chi connectivity index (χ2v) is 4.32. The number of aliphatic hydroxyl groups excluding tert-OH is 1. The average molecular weight is 257 g/mol. The first-order chi connectivity index (χ1) is 9.08. The lowest BCUT2D eigenvalue weighted by Gasteiger charge is -2.12. The number of amides is 1. The molecule has 0 bridgehead atoms. The molecule has 19 heavy (non-hydrogen) atoms. The van der Waals surface area contributed by atoms with Crippen LogP contribution < -0.4 is 5.32 Å². The summed E-state index contributed by atoms with van der Waals surface area (Å²) in [7, 11) is 0. The van der Waals surface area contributed by atoms with Crippen LogP contribution in [-0.4, -0.2) is 16.1 Å². The maximum absolute atomic E-state index is 11.9. The maximum Gasteiger partial charge on any atom is 0.257 e. The number of nitrogens with one attached hydrogen (secondary N) is 1. The van der Waals surface area contributed by atoms with Crippen LogP contribution in [0.3, 0.4) is 0 Å². The van der Waals surface area contributed by atoms with E-state index in [1.807, 2.05) is 6.92 Å². The Morgan fingerprint density at radius 3 is 2.47 bits per heavy atom. The normalized spacial score (nSPS) is 11.9. The van der Waals surface area contributed by atoms with Gasteiger partial charge in [0, 0.05) is 0 Å². The van der Waals surface area contributed by atoms with Crippen molar-refractivity contribution in [2.75, 3.05) is 5.32 Å². The number of aryl methyl sites for hydroxylation is 1. The van der Waals surface area contributed by atoms with E-state index in [9.17, 15) is 15.0 Å². The van der Waals surface area contributed by atoms with Gasteiger partial charge in [-0.25, -0.2) is 0 Å². The summed E-state index contributed by atoms with van der Waals surface area (Å²) in [6.07, 6.45) is -1.26. The van der Waals surface area contributed by atoms with E-state index >= 15 is 0 Å². The van der Waals surface area contributed by atoms with E-state index in [0.29, 0.717) is 5.56 Å². The Balaban J connectivity index is 2.13. The molecule has 1 atom stereocenters. The van der Waals surface area contributed by atoms with Gasteiger partial charge < -0.3 is 15.5 Å². The number of hydrogen-bond acceptors (Lipinski definition) is 3. The summed E-state index contributed by atoms with van der Waals surface area (Å²) in [4.78, 5) is 11.9. The fourth-order valence-electron chi connectivity index (χ4n) is 1.74. The highest BCUT2D eigenvalue weighted by atomic mass is 16.3. The van der Waals surface area contributed by atoms with Gasteiger partial charge in [0.05, 0.1) is 5.69 Å². The molecule has 0 aliphatic rings. The Kier molecular flexibility index (Phi) is 3.82. The van der Waals surface area contributed by atoms with Crippen molar-refractivity contribution in [3.05, 3.63) is 59.7 Å². The van der Waals surface area contributed by atoms with E-state index in [-0.39, 0.29) is 11.4 Å². The molecule has 0 fully saturated rings. The second-order valence-electron chi connectivity index (χ2n) is 4.32. The van der Waals surface area contributed by atoms with Crippen LogP contribution in [0, 0.1) is 6.92 Å². The molecule has 0 aromatic heterocycles. The topological polar surface area (TPSA) is 69.6 Å². The number of rotatable bonds is 3. The third-order valence-electron chi connectivity index (χ3n) is 2.77. The smallest absolute Gasteiger partial charge is 0.257 e. The molecule has 0 aliphatic carbocycles. The molecule has 4 nitrogen and oxygen atoms in total. The minimum absolute atomic E-state index is 0.0198. The third-order valence-corrected chi connectivity index (χ3v) is 2.77. The molecule has 0 spiro atoms. The van der Waals surface area contributed by atoms with E-state index in [1.54, 1.807) is 48.5 Å². The fraction of sp³-hybridized carbons (Fsp3) is 0.133. The van der Waals surface area contributed by atoms with Crippen LogP contribution in [-0.2, 0) is 4.79 Å². The van der Waals surface area contributed by atoms with Gasteiger partial charge in [-0.05, 0) is 30.2 Å². The number of benzene rings is 2. The minimum atomic E-state index is -1.26. The monoisotopic (exact) mass is 257 g/mol. The number of aliphatic hydroxyl groups is 1. The van der Waals surface area contributed by atoms with Crippen LogP contribution in [0.4, 0.5) is 5.69 Å². The molecule has 2 rings (SSSR count). The van der Waals surface area contributed by atoms with Crippen molar-refractivity contribution in [1.29, 1.82) is 0 Å². The van der Waals surface area contributed by atoms with Crippen LogP contribution >= 0.6 is 0 Å². The second kappa shape index (κ2) is 5.54. The average Bonchev–Trinajstić information content (AvgIpc) is 2.42. The summed E-state index contributed by atoms with van der Waals surface area (Å²) >= 11 is 0. The molecule has 2 aromatic rings. The first-order valence-corrected chi connectivity index (χ1v) is 5.91. The highest BCUT2D eigenvalue weighted by molar-refractivity contribution is 5.95. The maximum atomic E-state index is 11.9. The summed E-state index contributed by atoms with van der Waals surface area (Å²) in [5.74, 6) is -0.598. The largest absolute Gasteiger partial charge is 0.506 e. The van der Waals surface area contributed by atoms with Gasteiger partial charge in [-0.15, -0.1) is 0 Å². The predicted octanol–water partition coefficient (Wildman–Crippen LogP) is 2.37. The van der Waals surface area contributed by atoms with Crippen molar-refractivity contribution in [3.63, 3.8) is 0 Å². The zero-order valence-electron chi connectivity index (χ0n) is 10.5. The summed E-state index contributed by atoms with van der Waals surface area (Å²) in [6.45, 7) is 1.84. The summed E-state index contributed by atoms with van der Waals surface area (Å²) in [5, 5.41) is 22.1. The standard InChI is InChI=1S/C15H15NO3/c1-10-7-8-12(13(17)9-10)16-15(19)14(18)11-5-3-2-4-6-11/h2-9,14,17-18H,1H3,(H,16,19). The van der Waals surface area contributed by atoms with E-state index in [4.69, 9.17) is 0 Å². The highest BCUT2D eigenvalue weighted by Gasteiger charge is 2.18. The van der Waals surface area contributed by atoms with Crippen LogP contribution in [0.2, 0.25) is 0 Å². The molecule has 98 valence electrons. The molecular formula is C15H15NO3. The number of anilines is 1. The summed E-state index contributed by atoms with van der Waals surface area (Å²) in [5.41, 5.74) is 1.68. The number of hydrogen-bond donors (Lipinski definition) is 3. The van der Waals surface area contributed by atoms with Crippen molar-refractivity contribution < 1.29 is 15.0 Å². The number of carbonyl (C=O) groups is 1. The number of aromatic hydroxyl groups is 1. The van der Waals surface area contributed by atoms with E-state index in [1.165, 1.54) is 0 Å². The lowest BCUT2D eigenvalue weighted by Crippen LogP contribution is -2.20. The van der Waals surface area contributed by atoms with Crippen molar-refractivity contribution in [2.24, 2.45) is 0 Å². The van der Waals surface area contributed by atoms with Crippen LogP contribution in [0.25, 0.3) is 0 Å². The highest BCUT2D eigenvalue weighted by Crippen LogP contribution is 2.25. The van der Waals surface area contributed by atoms with E-state index < -0.39 is 12.0 Å². The zero-order chi connectivity index (χ0) is 13.8. The first kappa shape index (κ1) is 13.1. The molecule has 2 aromatic carbocycles. The van der Waals surface area contributed by atoms with Gasteiger partial charge in [0.25, 0.3) is 5.91 Å². The van der Waals surface area contributed by atoms with Gasteiger partial charge >= 0.3 is 0 Å². The quantitative estimate of drug-likeness (QED) is 0.739. The van der Waals surface area contributed by atoms with Gasteiger partial charge in [0.2, 0.25) is 0 Å². The predicted molar refractivity (Wildman–Crippen MR) is 72.9 cm³/mol. The fourth-order valence-corrected chi connectivity index (χ4v) is 1.74. The van der Waals surface area contributed by atoms with Crippen LogP contribution in [0.5, 0.6) is 5.75 Å². The summed E-state index contributed by atoms with van der Waals surface area (Å²) < 4.78 is 0. The summed E-state index contributed by atoms with van der Waals surface area (Å²) in [6, 6.07) is 13.5. The van der Waals surface area contributed by atoms with Gasteiger partial charge in [-0.3, -0.25) is 4.79 Å². The molecule has 0 aliphatic heterocycles. The Morgan fingerprint density at radius 2 is 1.84 bits per heavy atom. The van der Waals surface area contributed by atoms with Gasteiger partial charge in [-0.1, -0.05) is 36.4 Å². The zero-order valence-corrected chi connectivity index (χ0v) is 10.5. The molecule has 1 amide bonds. The molecule has 1 unspecified atom stereocenters. The first-order valence-electron chi connectivity index (χ1n) is 5.91. The Labute approximate surface area is 111 Å². The van der Waals surface area contributed by atoms with Crippen molar-refractivity contribution in [2.45, 2.75) is 13.0 Å². The molecule has 0 heterocycles. The van der Waals surface area contributed by atoms with Crippen molar-refractivity contribution in [3.8, 4) is 5.75 Å². The number of phenols is 1. The third kappa shape index (κ3) is 3.11. The van der Waals surface area contributed by atoms with Crippen molar-refractivity contribution in [1.82, 2.24) is 0 Å². The molecule has 0 saturated carbocycles. The van der Waals surface area contributed by atoms with Crippen molar-refractivity contribution >= 4 is 11.6 Å². The number of phenolic OH excluding ortho intramolecular Hbond substituents is 1. The molecule has 3 N–H and O–H groups in total. The van der Waals surface area contributed by atoms with E-state index in [2.05, 4.69) is 5.32 Å². The molecule has 0 saturated heterocycles. The Hall–Kier alpha value is -2.33. The lowest BCUT2D eigenvalue weighted by molar-refractivity contribution is -0.124. The van der Waals surface area contributed by atoms with Crippen LogP contribution in [0.1, 0.15) is 17.2 Å².